The molecular formula is C17H14N4O2S. The quantitative estimate of drug-likeness (QED) is 0.577. The van der Waals surface area contributed by atoms with Crippen LogP contribution in [-0.4, -0.2) is 15.1 Å². The van der Waals surface area contributed by atoms with Gasteiger partial charge in [-0.3, -0.25) is 0 Å². The Hall–Kier alpha value is -2.77. The maximum Gasteiger partial charge on any atom is 0.241 e. The Morgan fingerprint density at radius 1 is 1.04 bits per heavy atom. The molecule has 3 aromatic heterocycles. The summed E-state index contributed by atoms with van der Waals surface area (Å²) in [6, 6.07) is 13.7. The lowest BCUT2D eigenvalue weighted by molar-refractivity contribution is 0.367. The van der Waals surface area contributed by atoms with Crippen molar-refractivity contribution < 1.29 is 8.94 Å². The van der Waals surface area contributed by atoms with Crippen LogP contribution in [-0.2, 0) is 13.1 Å². The fourth-order valence-corrected chi connectivity index (χ4v) is 3.10. The first-order valence-electron chi connectivity index (χ1n) is 7.45. The Morgan fingerprint density at radius 3 is 2.79 bits per heavy atom. The highest BCUT2D eigenvalue weighted by Gasteiger charge is 2.12. The van der Waals surface area contributed by atoms with Gasteiger partial charge in [-0.1, -0.05) is 35.5 Å². The van der Waals surface area contributed by atoms with E-state index in [1.54, 1.807) is 29.7 Å². The van der Waals surface area contributed by atoms with Gasteiger partial charge in [-0.15, -0.1) is 11.3 Å². The van der Waals surface area contributed by atoms with Crippen LogP contribution < -0.4 is 5.32 Å². The zero-order chi connectivity index (χ0) is 16.2. The number of thiazole rings is 1. The minimum absolute atomic E-state index is 0.458. The van der Waals surface area contributed by atoms with Crippen LogP contribution in [0.25, 0.3) is 22.8 Å². The van der Waals surface area contributed by atoms with Crippen molar-refractivity contribution in [3.63, 3.8) is 0 Å². The van der Waals surface area contributed by atoms with Crippen LogP contribution in [0.15, 0.2) is 63.2 Å². The van der Waals surface area contributed by atoms with Gasteiger partial charge in [0.15, 0.2) is 5.76 Å². The van der Waals surface area contributed by atoms with E-state index >= 15 is 0 Å². The van der Waals surface area contributed by atoms with Gasteiger partial charge in [-0.25, -0.2) is 4.98 Å². The lowest BCUT2D eigenvalue weighted by atomic mass is 10.1. The molecule has 6 nitrogen and oxygen atoms in total. The molecule has 0 amide bonds. The minimum Gasteiger partial charge on any atom is -0.461 e. The summed E-state index contributed by atoms with van der Waals surface area (Å²) in [4.78, 5) is 9.94. The number of hydrogen-bond donors (Lipinski definition) is 1. The summed E-state index contributed by atoms with van der Waals surface area (Å²) in [5.74, 6) is 1.57. The van der Waals surface area contributed by atoms with Crippen molar-refractivity contribution in [1.29, 1.82) is 0 Å². The lowest BCUT2D eigenvalue weighted by Crippen LogP contribution is -2.12. The third-order valence-electron chi connectivity index (χ3n) is 3.46. The van der Waals surface area contributed by atoms with E-state index < -0.39 is 0 Å². The SMILES string of the molecule is c1ccc(-c2ncsc2CNCc2nc(-c3ccco3)no2)cc1. The van der Waals surface area contributed by atoms with E-state index in [4.69, 9.17) is 8.94 Å². The molecule has 0 fully saturated rings. The van der Waals surface area contributed by atoms with Crippen molar-refractivity contribution in [2.45, 2.75) is 13.1 Å². The number of furan rings is 1. The maximum absolute atomic E-state index is 5.25. The molecule has 4 aromatic rings. The number of nitrogens with one attached hydrogen (secondary N) is 1. The zero-order valence-electron chi connectivity index (χ0n) is 12.7. The number of benzene rings is 1. The molecule has 120 valence electrons. The second-order valence-electron chi connectivity index (χ2n) is 5.08. The molecule has 24 heavy (non-hydrogen) atoms. The molecule has 7 heteroatoms. The van der Waals surface area contributed by atoms with Gasteiger partial charge in [0.05, 0.1) is 24.0 Å². The highest BCUT2D eigenvalue weighted by molar-refractivity contribution is 7.10. The molecule has 0 bridgehead atoms. The summed E-state index contributed by atoms with van der Waals surface area (Å²) in [5, 5.41) is 7.23. The normalized spacial score (nSPS) is 11.0. The smallest absolute Gasteiger partial charge is 0.241 e. The fraction of sp³-hybridized carbons (Fsp3) is 0.118. The van der Waals surface area contributed by atoms with E-state index in [0.717, 1.165) is 11.3 Å². The van der Waals surface area contributed by atoms with E-state index in [0.29, 0.717) is 30.6 Å². The molecule has 0 spiro atoms. The summed E-state index contributed by atoms with van der Waals surface area (Å²) in [6.07, 6.45) is 1.58. The summed E-state index contributed by atoms with van der Waals surface area (Å²) >= 11 is 1.63. The molecule has 0 atom stereocenters. The van der Waals surface area contributed by atoms with Crippen LogP contribution in [0.1, 0.15) is 10.8 Å². The van der Waals surface area contributed by atoms with Crippen molar-refractivity contribution in [3.8, 4) is 22.8 Å². The van der Waals surface area contributed by atoms with Crippen LogP contribution in [0, 0.1) is 0 Å². The third kappa shape index (κ3) is 3.12. The zero-order valence-corrected chi connectivity index (χ0v) is 13.5. The fourth-order valence-electron chi connectivity index (χ4n) is 2.34. The summed E-state index contributed by atoms with van der Waals surface area (Å²) < 4.78 is 10.5. The van der Waals surface area contributed by atoms with Crippen molar-refractivity contribution in [1.82, 2.24) is 20.4 Å². The Morgan fingerprint density at radius 2 is 1.96 bits per heavy atom. The molecule has 0 saturated carbocycles. The van der Waals surface area contributed by atoms with Gasteiger partial charge >= 0.3 is 0 Å². The number of aromatic nitrogens is 3. The second kappa shape index (κ2) is 6.77. The van der Waals surface area contributed by atoms with Crippen LogP contribution in [0.5, 0.6) is 0 Å². The average Bonchev–Trinajstić information content (AvgIpc) is 3.37. The molecule has 0 aliphatic carbocycles. The van der Waals surface area contributed by atoms with Gasteiger partial charge in [0, 0.05) is 17.0 Å². The first-order valence-corrected chi connectivity index (χ1v) is 8.33. The molecule has 1 aromatic carbocycles. The van der Waals surface area contributed by atoms with E-state index in [9.17, 15) is 0 Å². The van der Waals surface area contributed by atoms with Gasteiger partial charge in [-0.05, 0) is 12.1 Å². The first kappa shape index (κ1) is 14.8. The van der Waals surface area contributed by atoms with Crippen LogP contribution in [0.2, 0.25) is 0 Å². The van der Waals surface area contributed by atoms with Gasteiger partial charge in [0.2, 0.25) is 11.7 Å². The summed E-state index contributed by atoms with van der Waals surface area (Å²) in [5.41, 5.74) is 3.99. The highest BCUT2D eigenvalue weighted by Crippen LogP contribution is 2.25. The predicted octanol–water partition coefficient (Wildman–Crippen LogP) is 3.74. The summed E-state index contributed by atoms with van der Waals surface area (Å²) in [7, 11) is 0. The van der Waals surface area contributed by atoms with E-state index in [2.05, 4.69) is 32.6 Å². The summed E-state index contributed by atoms with van der Waals surface area (Å²) in [6.45, 7) is 1.17. The van der Waals surface area contributed by atoms with Crippen LogP contribution in [0.4, 0.5) is 0 Å². The van der Waals surface area contributed by atoms with E-state index in [1.165, 1.54) is 4.88 Å². The van der Waals surface area contributed by atoms with E-state index in [-0.39, 0.29) is 0 Å². The molecule has 3 heterocycles. The van der Waals surface area contributed by atoms with Gasteiger partial charge in [-0.2, -0.15) is 4.98 Å². The van der Waals surface area contributed by atoms with Gasteiger partial charge in [0.25, 0.3) is 0 Å². The molecule has 0 saturated heterocycles. The molecule has 4 rings (SSSR count). The Bertz CT molecular complexity index is 900. The van der Waals surface area contributed by atoms with Crippen LogP contribution in [0.3, 0.4) is 0 Å². The average molecular weight is 338 g/mol. The molecule has 0 aliphatic heterocycles. The minimum atomic E-state index is 0.458. The molecule has 0 aliphatic rings. The Balaban J connectivity index is 1.39. The molecule has 0 radical (unpaired) electrons. The van der Waals surface area contributed by atoms with Crippen molar-refractivity contribution in [3.05, 3.63) is 65.0 Å². The maximum atomic E-state index is 5.25. The third-order valence-corrected chi connectivity index (χ3v) is 4.29. The largest absolute Gasteiger partial charge is 0.461 e. The first-order chi connectivity index (χ1) is 11.9. The highest BCUT2D eigenvalue weighted by atomic mass is 32.1. The monoisotopic (exact) mass is 338 g/mol. The second-order valence-corrected chi connectivity index (χ2v) is 6.02. The van der Waals surface area contributed by atoms with Gasteiger partial charge in [0.1, 0.15) is 0 Å². The van der Waals surface area contributed by atoms with E-state index in [1.807, 2.05) is 23.7 Å². The molecule has 0 unspecified atom stereocenters. The number of hydrogen-bond acceptors (Lipinski definition) is 7. The molecule has 1 N–H and O–H groups in total. The van der Waals surface area contributed by atoms with Gasteiger partial charge < -0.3 is 14.3 Å². The number of rotatable bonds is 6. The Labute approximate surface area is 142 Å². The van der Waals surface area contributed by atoms with Crippen molar-refractivity contribution in [2.24, 2.45) is 0 Å². The molecular weight excluding hydrogens is 324 g/mol. The van der Waals surface area contributed by atoms with Crippen molar-refractivity contribution in [2.75, 3.05) is 0 Å². The van der Waals surface area contributed by atoms with Crippen molar-refractivity contribution >= 4 is 11.3 Å². The van der Waals surface area contributed by atoms with Crippen LogP contribution >= 0.6 is 11.3 Å². The number of nitrogens with zero attached hydrogens (tertiary/aromatic N) is 3. The topological polar surface area (TPSA) is 77.0 Å². The Kier molecular flexibility index (Phi) is 4.18. The predicted molar refractivity (Wildman–Crippen MR) is 90.1 cm³/mol. The lowest BCUT2D eigenvalue weighted by Gasteiger charge is -2.03. The standard InChI is InChI=1S/C17H14N4O2S/c1-2-5-12(6-3-1)16-14(24-11-19-16)9-18-10-15-20-17(21-23-15)13-7-4-8-22-13/h1-8,11,18H,9-10H2.